The van der Waals surface area contributed by atoms with E-state index >= 15 is 0 Å². The molecular weight excluding hydrogens is 513 g/mol. The highest BCUT2D eigenvalue weighted by atomic mass is 16.5. The zero-order chi connectivity index (χ0) is 27.6. The molecule has 9 rings (SSSR count). The van der Waals surface area contributed by atoms with Crippen LogP contribution in [0.25, 0.3) is 33.4 Å². The van der Waals surface area contributed by atoms with Crippen molar-refractivity contribution in [3.8, 4) is 33.9 Å². The van der Waals surface area contributed by atoms with E-state index in [0.717, 1.165) is 67.4 Å². The highest BCUT2D eigenvalue weighted by molar-refractivity contribution is 7.01. The lowest BCUT2D eigenvalue weighted by molar-refractivity contribution is 0.488. The summed E-state index contributed by atoms with van der Waals surface area (Å²) in [6, 6.07) is 50.9. The highest BCUT2D eigenvalue weighted by Crippen LogP contribution is 2.42. The van der Waals surface area contributed by atoms with E-state index in [9.17, 15) is 0 Å². The number of anilines is 3. The number of hydrogen-bond donors (Lipinski definition) is 0. The lowest BCUT2D eigenvalue weighted by atomic mass is 9.37. The summed E-state index contributed by atoms with van der Waals surface area (Å²) < 4.78 is 13.4. The maximum absolute atomic E-state index is 6.84. The van der Waals surface area contributed by atoms with Gasteiger partial charge in [-0.15, -0.1) is 0 Å². The molecule has 3 heterocycles. The predicted octanol–water partition coefficient (Wildman–Crippen LogP) is 8.17. The van der Waals surface area contributed by atoms with Gasteiger partial charge < -0.3 is 14.1 Å². The average Bonchev–Trinajstić information content (AvgIpc) is 3.59. The van der Waals surface area contributed by atoms with Crippen molar-refractivity contribution in [3.05, 3.63) is 146 Å². The number of benzene rings is 6. The zero-order valence-corrected chi connectivity index (χ0v) is 22.7. The van der Waals surface area contributed by atoms with Gasteiger partial charge in [0.1, 0.15) is 22.8 Å². The third-order valence-electron chi connectivity index (χ3n) is 8.52. The first-order chi connectivity index (χ1) is 20.8. The van der Waals surface area contributed by atoms with E-state index in [1.165, 1.54) is 10.9 Å². The Bertz CT molecular complexity index is 2080. The van der Waals surface area contributed by atoms with Gasteiger partial charge in [0.2, 0.25) is 0 Å². The van der Waals surface area contributed by atoms with Crippen molar-refractivity contribution in [2.24, 2.45) is 0 Å². The van der Waals surface area contributed by atoms with Crippen LogP contribution in [-0.2, 0) is 0 Å². The Balaban J connectivity index is 1.27. The number of nitrogens with zero attached hydrogens (tertiary/aromatic N) is 1. The monoisotopic (exact) mass is 537 g/mol. The standard InChI is InChI=1S/C38H24BNO2/c1-4-12-25(13-5-1)26-22-31-36-35(23-26)41-34-24-29(40(27-14-6-2-7-15-27)28-16-8-3-9-17-28)20-21-32(34)39(36)37-30-18-10-11-19-33(30)42-38(31)37/h1-24H. The van der Waals surface area contributed by atoms with Crippen LogP contribution in [0.15, 0.2) is 150 Å². The minimum atomic E-state index is 0.0400. The Morgan fingerprint density at radius 2 is 1.17 bits per heavy atom. The molecule has 0 spiro atoms. The molecule has 196 valence electrons. The van der Waals surface area contributed by atoms with E-state index in [4.69, 9.17) is 9.15 Å². The molecule has 0 aliphatic carbocycles. The van der Waals surface area contributed by atoms with Crippen molar-refractivity contribution in [2.45, 2.75) is 0 Å². The average molecular weight is 537 g/mol. The highest BCUT2D eigenvalue weighted by Gasteiger charge is 2.44. The lowest BCUT2D eigenvalue weighted by Crippen LogP contribution is -2.52. The molecule has 0 atom stereocenters. The molecule has 7 aromatic rings. The molecule has 0 amide bonds. The third kappa shape index (κ3) is 3.42. The largest absolute Gasteiger partial charge is 0.458 e. The van der Waals surface area contributed by atoms with Crippen LogP contribution in [0.1, 0.15) is 0 Å². The molecule has 3 nitrogen and oxygen atoms in total. The Labute approximate surface area is 244 Å². The van der Waals surface area contributed by atoms with E-state index in [-0.39, 0.29) is 6.71 Å². The molecule has 4 heteroatoms. The van der Waals surface area contributed by atoms with Crippen LogP contribution in [0.5, 0.6) is 11.5 Å². The van der Waals surface area contributed by atoms with Crippen molar-refractivity contribution in [1.82, 2.24) is 0 Å². The van der Waals surface area contributed by atoms with Crippen LogP contribution in [0.3, 0.4) is 0 Å². The Kier molecular flexibility index (Phi) is 4.99. The second-order valence-electron chi connectivity index (χ2n) is 10.9. The fourth-order valence-electron chi connectivity index (χ4n) is 6.71. The van der Waals surface area contributed by atoms with Crippen molar-refractivity contribution in [3.63, 3.8) is 0 Å². The Morgan fingerprint density at radius 3 is 1.90 bits per heavy atom. The fraction of sp³-hybridized carbons (Fsp3) is 0. The molecule has 0 unspecified atom stereocenters. The van der Waals surface area contributed by atoms with Crippen molar-refractivity contribution in [1.29, 1.82) is 0 Å². The summed E-state index contributed by atoms with van der Waals surface area (Å²) in [5, 5.41) is 1.16. The minimum Gasteiger partial charge on any atom is -0.458 e. The van der Waals surface area contributed by atoms with Crippen molar-refractivity contribution < 1.29 is 9.15 Å². The Morgan fingerprint density at radius 1 is 0.500 bits per heavy atom. The van der Waals surface area contributed by atoms with Gasteiger partial charge in [0.05, 0.1) is 0 Å². The number of hydrogen-bond acceptors (Lipinski definition) is 3. The van der Waals surface area contributed by atoms with Crippen LogP contribution in [0, 0.1) is 0 Å². The minimum absolute atomic E-state index is 0.0400. The number of para-hydroxylation sites is 3. The van der Waals surface area contributed by atoms with Crippen LogP contribution < -0.4 is 26.0 Å². The summed E-state index contributed by atoms with van der Waals surface area (Å²) in [5.41, 5.74) is 11.1. The van der Waals surface area contributed by atoms with Gasteiger partial charge in [-0.3, -0.25) is 0 Å². The maximum Gasteiger partial charge on any atom is 0.257 e. The molecule has 2 aliphatic heterocycles. The van der Waals surface area contributed by atoms with Crippen LogP contribution in [0.2, 0.25) is 0 Å². The summed E-state index contributed by atoms with van der Waals surface area (Å²) in [6.45, 7) is 0.0400. The van der Waals surface area contributed by atoms with Gasteiger partial charge in [0, 0.05) is 34.1 Å². The first-order valence-electron chi connectivity index (χ1n) is 14.3. The van der Waals surface area contributed by atoms with E-state index in [1.807, 2.05) is 24.3 Å². The second-order valence-corrected chi connectivity index (χ2v) is 10.9. The van der Waals surface area contributed by atoms with Crippen LogP contribution in [-0.4, -0.2) is 6.71 Å². The lowest BCUT2D eigenvalue weighted by Gasteiger charge is -2.29. The molecule has 2 aliphatic rings. The zero-order valence-electron chi connectivity index (χ0n) is 22.7. The van der Waals surface area contributed by atoms with Crippen molar-refractivity contribution in [2.75, 3.05) is 4.90 Å². The summed E-state index contributed by atoms with van der Waals surface area (Å²) in [6.07, 6.45) is 0. The third-order valence-corrected chi connectivity index (χ3v) is 8.52. The quantitative estimate of drug-likeness (QED) is 0.212. The molecule has 0 bridgehead atoms. The number of ether oxygens (including phenoxy) is 1. The molecular formula is C38H24BNO2. The molecule has 0 saturated carbocycles. The predicted molar refractivity (Wildman–Crippen MR) is 173 cm³/mol. The number of furan rings is 1. The fourth-order valence-corrected chi connectivity index (χ4v) is 6.71. The van der Waals surface area contributed by atoms with Crippen molar-refractivity contribution >= 4 is 51.1 Å². The molecule has 0 N–H and O–H groups in total. The molecule has 6 aromatic carbocycles. The summed E-state index contributed by atoms with van der Waals surface area (Å²) in [7, 11) is 0. The van der Waals surface area contributed by atoms with E-state index in [0.29, 0.717) is 0 Å². The van der Waals surface area contributed by atoms with Crippen LogP contribution in [0.4, 0.5) is 17.1 Å². The molecule has 0 fully saturated rings. The number of fused-ring (bicyclic) bond motifs is 7. The van der Waals surface area contributed by atoms with Gasteiger partial charge in [-0.25, -0.2) is 0 Å². The first kappa shape index (κ1) is 23.3. The van der Waals surface area contributed by atoms with Gasteiger partial charge in [-0.2, -0.15) is 0 Å². The normalized spacial score (nSPS) is 12.4. The SMILES string of the molecule is c1ccc(-c2cc3c4c(c2)-c2oc5ccccc5c2B4c2ccc(N(c4ccccc4)c4ccccc4)cc2O3)cc1. The molecule has 42 heavy (non-hydrogen) atoms. The summed E-state index contributed by atoms with van der Waals surface area (Å²) in [4.78, 5) is 2.28. The molecule has 0 radical (unpaired) electrons. The van der Waals surface area contributed by atoms with Gasteiger partial charge in [-0.1, -0.05) is 91.0 Å². The van der Waals surface area contributed by atoms with Gasteiger partial charge >= 0.3 is 0 Å². The first-order valence-corrected chi connectivity index (χ1v) is 14.3. The smallest absolute Gasteiger partial charge is 0.257 e. The molecule has 0 saturated heterocycles. The summed E-state index contributed by atoms with van der Waals surface area (Å²) >= 11 is 0. The Hall–Kier alpha value is -5.48. The maximum atomic E-state index is 6.84. The van der Waals surface area contributed by atoms with E-state index in [1.54, 1.807) is 0 Å². The van der Waals surface area contributed by atoms with Gasteiger partial charge in [-0.05, 0) is 76.0 Å². The van der Waals surface area contributed by atoms with Crippen LogP contribution >= 0.6 is 0 Å². The van der Waals surface area contributed by atoms with E-state index < -0.39 is 0 Å². The van der Waals surface area contributed by atoms with Gasteiger partial charge in [0.15, 0.2) is 0 Å². The van der Waals surface area contributed by atoms with E-state index in [2.05, 4.69) is 126 Å². The molecule has 1 aromatic heterocycles. The van der Waals surface area contributed by atoms with Gasteiger partial charge in [0.25, 0.3) is 6.71 Å². The topological polar surface area (TPSA) is 25.6 Å². The summed E-state index contributed by atoms with van der Waals surface area (Å²) in [5.74, 6) is 2.71. The number of rotatable bonds is 4. The second kappa shape index (κ2) is 9.02.